The van der Waals surface area contributed by atoms with E-state index in [-0.39, 0.29) is 0 Å². The van der Waals surface area contributed by atoms with Gasteiger partial charge in [0.2, 0.25) is 0 Å². The Morgan fingerprint density at radius 2 is 2.12 bits per heavy atom. The van der Waals surface area contributed by atoms with Crippen LogP contribution in [0.3, 0.4) is 0 Å². The molecule has 1 saturated heterocycles. The Bertz CT molecular complexity index is 350. The quantitative estimate of drug-likeness (QED) is 0.874. The summed E-state index contributed by atoms with van der Waals surface area (Å²) in [6, 6.07) is 3.63. The van der Waals surface area contributed by atoms with Gasteiger partial charge in [-0.25, -0.2) is 9.37 Å². The molecule has 1 aromatic heterocycles. The number of hydrogen-bond acceptors (Lipinski definition) is 3. The fourth-order valence-corrected chi connectivity index (χ4v) is 2.33. The highest BCUT2D eigenvalue weighted by Crippen LogP contribution is 2.30. The number of anilines is 1. The Morgan fingerprint density at radius 3 is 2.82 bits per heavy atom. The summed E-state index contributed by atoms with van der Waals surface area (Å²) in [5.41, 5.74) is 6.12. The number of nitrogens with two attached hydrogens (primary N) is 1. The van der Waals surface area contributed by atoms with Gasteiger partial charge in [-0.15, -0.1) is 0 Å². The average molecular weight is 237 g/mol. The third-order valence-electron chi connectivity index (χ3n) is 3.23. The monoisotopic (exact) mass is 237 g/mol. The average Bonchev–Trinajstić information content (AvgIpc) is 2.40. The highest BCUT2D eigenvalue weighted by molar-refractivity contribution is 5.48. The van der Waals surface area contributed by atoms with Crippen molar-refractivity contribution in [2.75, 3.05) is 24.5 Å². The number of alkyl halides is 1. The molecule has 1 fully saturated rings. The summed E-state index contributed by atoms with van der Waals surface area (Å²) in [7, 11) is 0. The fourth-order valence-electron chi connectivity index (χ4n) is 2.33. The minimum Gasteiger partial charge on any atom is -0.356 e. The zero-order valence-electron chi connectivity index (χ0n) is 10.1. The largest absolute Gasteiger partial charge is 0.356 e. The lowest BCUT2D eigenvalue weighted by molar-refractivity contribution is 0.326. The van der Waals surface area contributed by atoms with Crippen molar-refractivity contribution in [3.8, 4) is 0 Å². The number of hydrogen-bond donors (Lipinski definition) is 1. The van der Waals surface area contributed by atoms with Crippen molar-refractivity contribution in [2.45, 2.75) is 31.9 Å². The molecule has 4 heteroatoms. The van der Waals surface area contributed by atoms with E-state index in [1.54, 1.807) is 12.3 Å². The molecule has 3 nitrogen and oxygen atoms in total. The van der Waals surface area contributed by atoms with Crippen LogP contribution in [-0.4, -0.2) is 24.6 Å². The second kappa shape index (κ2) is 5.96. The molecule has 2 heterocycles. The Labute approximate surface area is 102 Å². The molecule has 0 aliphatic carbocycles. The van der Waals surface area contributed by atoms with Crippen LogP contribution in [0, 0.1) is 0 Å². The SMILES string of the molecule is NCCC(F)c1cccnc1N1CCCCC1. The molecule has 94 valence electrons. The molecule has 2 N–H and O–H groups in total. The third kappa shape index (κ3) is 2.94. The number of pyridine rings is 1. The predicted octanol–water partition coefficient (Wildman–Crippen LogP) is 2.43. The second-order valence-electron chi connectivity index (χ2n) is 4.51. The van der Waals surface area contributed by atoms with Crippen molar-refractivity contribution in [2.24, 2.45) is 5.73 Å². The second-order valence-corrected chi connectivity index (χ2v) is 4.51. The van der Waals surface area contributed by atoms with E-state index in [2.05, 4.69) is 9.88 Å². The normalized spacial score (nSPS) is 18.1. The van der Waals surface area contributed by atoms with Gasteiger partial charge in [-0.3, -0.25) is 0 Å². The maximum absolute atomic E-state index is 14.0. The van der Waals surface area contributed by atoms with Crippen LogP contribution in [0.5, 0.6) is 0 Å². The lowest BCUT2D eigenvalue weighted by Gasteiger charge is -2.30. The minimum absolute atomic E-state index is 0.368. The van der Waals surface area contributed by atoms with Crippen LogP contribution in [0.4, 0.5) is 10.2 Å². The van der Waals surface area contributed by atoms with Crippen LogP contribution in [0.2, 0.25) is 0 Å². The van der Waals surface area contributed by atoms with E-state index in [1.165, 1.54) is 19.3 Å². The van der Waals surface area contributed by atoms with Crippen molar-refractivity contribution in [1.82, 2.24) is 4.98 Å². The minimum atomic E-state index is -0.995. The van der Waals surface area contributed by atoms with Crippen LogP contribution < -0.4 is 10.6 Å². The van der Waals surface area contributed by atoms with Crippen molar-refractivity contribution in [3.05, 3.63) is 23.9 Å². The molecule has 1 aliphatic heterocycles. The topological polar surface area (TPSA) is 42.1 Å². The van der Waals surface area contributed by atoms with Crippen LogP contribution in [-0.2, 0) is 0 Å². The van der Waals surface area contributed by atoms with E-state index in [4.69, 9.17) is 5.73 Å². The first-order valence-electron chi connectivity index (χ1n) is 6.37. The summed E-state index contributed by atoms with van der Waals surface area (Å²) >= 11 is 0. The van der Waals surface area contributed by atoms with Crippen molar-refractivity contribution < 1.29 is 4.39 Å². The Morgan fingerprint density at radius 1 is 1.35 bits per heavy atom. The number of piperidine rings is 1. The predicted molar refractivity (Wildman–Crippen MR) is 67.8 cm³/mol. The molecule has 0 aromatic carbocycles. The summed E-state index contributed by atoms with van der Waals surface area (Å²) in [4.78, 5) is 6.55. The van der Waals surface area contributed by atoms with Gasteiger partial charge in [0.15, 0.2) is 0 Å². The first-order chi connectivity index (χ1) is 8.33. The molecule has 0 radical (unpaired) electrons. The maximum atomic E-state index is 14.0. The van der Waals surface area contributed by atoms with E-state index in [1.807, 2.05) is 6.07 Å². The first kappa shape index (κ1) is 12.3. The van der Waals surface area contributed by atoms with Gasteiger partial charge in [-0.1, -0.05) is 6.07 Å². The fraction of sp³-hybridized carbons (Fsp3) is 0.615. The van der Waals surface area contributed by atoms with Crippen molar-refractivity contribution in [1.29, 1.82) is 0 Å². The number of aromatic nitrogens is 1. The zero-order chi connectivity index (χ0) is 12.1. The molecule has 1 atom stereocenters. The van der Waals surface area contributed by atoms with E-state index in [9.17, 15) is 4.39 Å². The van der Waals surface area contributed by atoms with Gasteiger partial charge in [0, 0.05) is 24.8 Å². The standard InChI is InChI=1S/C13H20FN3/c14-12(6-7-15)11-5-4-8-16-13(11)17-9-2-1-3-10-17/h4-5,8,12H,1-3,6-7,9-10,15H2. The molecule has 1 aliphatic rings. The summed E-state index contributed by atoms with van der Waals surface area (Å²) < 4.78 is 14.0. The highest BCUT2D eigenvalue weighted by Gasteiger charge is 2.20. The molecule has 0 saturated carbocycles. The molecule has 17 heavy (non-hydrogen) atoms. The Kier molecular flexibility index (Phi) is 4.31. The van der Waals surface area contributed by atoms with Crippen LogP contribution >= 0.6 is 0 Å². The van der Waals surface area contributed by atoms with Gasteiger partial charge in [0.25, 0.3) is 0 Å². The molecule has 0 spiro atoms. The molecule has 2 rings (SSSR count). The van der Waals surface area contributed by atoms with Crippen molar-refractivity contribution >= 4 is 5.82 Å². The Hall–Kier alpha value is -1.16. The first-order valence-corrected chi connectivity index (χ1v) is 6.37. The van der Waals surface area contributed by atoms with E-state index in [0.717, 1.165) is 18.9 Å². The van der Waals surface area contributed by atoms with E-state index in [0.29, 0.717) is 18.5 Å². The smallest absolute Gasteiger partial charge is 0.134 e. The summed E-state index contributed by atoms with van der Waals surface area (Å²) in [5.74, 6) is 0.813. The van der Waals surface area contributed by atoms with Gasteiger partial charge >= 0.3 is 0 Å². The zero-order valence-corrected chi connectivity index (χ0v) is 10.1. The van der Waals surface area contributed by atoms with E-state index >= 15 is 0 Å². The third-order valence-corrected chi connectivity index (χ3v) is 3.23. The van der Waals surface area contributed by atoms with Gasteiger partial charge in [-0.2, -0.15) is 0 Å². The summed E-state index contributed by atoms with van der Waals surface area (Å²) in [6.07, 6.45) is 4.72. The summed E-state index contributed by atoms with van der Waals surface area (Å²) in [5, 5.41) is 0. The number of nitrogens with zero attached hydrogens (tertiary/aromatic N) is 2. The molecule has 0 amide bonds. The summed E-state index contributed by atoms with van der Waals surface area (Å²) in [6.45, 7) is 2.34. The lowest BCUT2D eigenvalue weighted by atomic mass is 10.1. The van der Waals surface area contributed by atoms with Gasteiger partial charge in [0.1, 0.15) is 12.0 Å². The van der Waals surface area contributed by atoms with Crippen LogP contribution in [0.15, 0.2) is 18.3 Å². The van der Waals surface area contributed by atoms with Gasteiger partial charge < -0.3 is 10.6 Å². The maximum Gasteiger partial charge on any atom is 0.134 e. The number of halogens is 1. The molecule has 1 aromatic rings. The van der Waals surface area contributed by atoms with Crippen LogP contribution in [0.1, 0.15) is 37.4 Å². The van der Waals surface area contributed by atoms with Crippen molar-refractivity contribution in [3.63, 3.8) is 0 Å². The molecule has 0 bridgehead atoms. The lowest BCUT2D eigenvalue weighted by Crippen LogP contribution is -2.31. The van der Waals surface area contributed by atoms with E-state index < -0.39 is 6.17 Å². The molecule has 1 unspecified atom stereocenters. The van der Waals surface area contributed by atoms with Crippen LogP contribution in [0.25, 0.3) is 0 Å². The molecular weight excluding hydrogens is 217 g/mol. The highest BCUT2D eigenvalue weighted by atomic mass is 19.1. The molecular formula is C13H20FN3. The Balaban J connectivity index is 2.19. The number of rotatable bonds is 4. The van der Waals surface area contributed by atoms with Gasteiger partial charge in [-0.05, 0) is 38.3 Å². The van der Waals surface area contributed by atoms with Gasteiger partial charge in [0.05, 0.1) is 0 Å².